The van der Waals surface area contributed by atoms with E-state index >= 15 is 0 Å². The number of hydrogen-bond donors (Lipinski definition) is 2. The van der Waals surface area contributed by atoms with Gasteiger partial charge in [0.05, 0.1) is 25.2 Å². The minimum absolute atomic E-state index is 0.0658. The summed E-state index contributed by atoms with van der Waals surface area (Å²) in [6, 6.07) is 1.02. The number of methoxy groups -OCH3 is 2. The molecular weight excluding hydrogens is 348 g/mol. The van der Waals surface area contributed by atoms with Gasteiger partial charge in [0, 0.05) is 12.0 Å². The highest BCUT2D eigenvalue weighted by Crippen LogP contribution is 2.35. The van der Waals surface area contributed by atoms with Crippen LogP contribution < -0.4 is 14.8 Å². The molecule has 0 saturated carbocycles. The average Bonchev–Trinajstić information content (AvgIpc) is 2.51. The zero-order valence-corrected chi connectivity index (χ0v) is 15.2. The Hall–Kier alpha value is -3.04. The van der Waals surface area contributed by atoms with Crippen LogP contribution in [0.4, 0.5) is 10.5 Å². The lowest BCUT2D eigenvalue weighted by atomic mass is 10.0. The molecule has 0 bridgehead atoms. The van der Waals surface area contributed by atoms with E-state index < -0.39 is 28.6 Å². The van der Waals surface area contributed by atoms with Crippen molar-refractivity contribution < 1.29 is 33.8 Å². The summed E-state index contributed by atoms with van der Waals surface area (Å²) in [7, 11) is 2.67. The predicted octanol–water partition coefficient (Wildman–Crippen LogP) is 2.13. The number of alkyl carbamates (subject to hydrolysis) is 1. The normalized spacial score (nSPS) is 12.0. The number of hydrogen-bond acceptors (Lipinski definition) is 7. The fourth-order valence-corrected chi connectivity index (χ4v) is 2.11. The third-order valence-electron chi connectivity index (χ3n) is 3.19. The molecule has 0 saturated heterocycles. The Morgan fingerprint density at radius 2 is 1.77 bits per heavy atom. The van der Waals surface area contributed by atoms with E-state index in [0.29, 0.717) is 0 Å². The Morgan fingerprint density at radius 3 is 2.19 bits per heavy atom. The second-order valence-corrected chi connectivity index (χ2v) is 6.33. The molecule has 10 heteroatoms. The number of rotatable bonds is 7. The van der Waals surface area contributed by atoms with Crippen LogP contribution >= 0.6 is 0 Å². The molecule has 1 aromatic rings. The van der Waals surface area contributed by atoms with Crippen LogP contribution in [0.3, 0.4) is 0 Å². The molecule has 0 aliphatic rings. The Bertz CT molecular complexity index is 696. The van der Waals surface area contributed by atoms with Crippen LogP contribution in [0.25, 0.3) is 0 Å². The maximum atomic E-state index is 11.8. The summed E-state index contributed by atoms with van der Waals surface area (Å²) in [4.78, 5) is 33.9. The van der Waals surface area contributed by atoms with Gasteiger partial charge in [0.2, 0.25) is 0 Å². The van der Waals surface area contributed by atoms with Crippen molar-refractivity contribution in [1.29, 1.82) is 0 Å². The first-order chi connectivity index (χ1) is 12.0. The number of ether oxygens (including phenoxy) is 3. The van der Waals surface area contributed by atoms with E-state index in [4.69, 9.17) is 14.2 Å². The van der Waals surface area contributed by atoms with Crippen molar-refractivity contribution in [3.63, 3.8) is 0 Å². The number of amides is 1. The average molecular weight is 370 g/mol. The van der Waals surface area contributed by atoms with Gasteiger partial charge >= 0.3 is 12.1 Å². The zero-order chi connectivity index (χ0) is 20.1. The number of benzene rings is 1. The number of nitrogens with zero attached hydrogens (tertiary/aromatic N) is 1. The van der Waals surface area contributed by atoms with Crippen molar-refractivity contribution in [2.45, 2.75) is 38.8 Å². The van der Waals surface area contributed by atoms with Crippen LogP contribution in [-0.4, -0.2) is 48.0 Å². The molecule has 1 amide bonds. The number of carbonyl (C=O) groups is 2. The van der Waals surface area contributed by atoms with Gasteiger partial charge in [-0.15, -0.1) is 0 Å². The minimum Gasteiger partial charge on any atom is -0.493 e. The van der Waals surface area contributed by atoms with Gasteiger partial charge in [-0.25, -0.2) is 9.59 Å². The van der Waals surface area contributed by atoms with E-state index in [1.165, 1.54) is 20.3 Å². The van der Waals surface area contributed by atoms with Gasteiger partial charge in [0.25, 0.3) is 5.69 Å². The monoisotopic (exact) mass is 370 g/mol. The lowest BCUT2D eigenvalue weighted by Crippen LogP contribution is -2.44. The van der Waals surface area contributed by atoms with Crippen LogP contribution in [0.15, 0.2) is 12.1 Å². The topological polar surface area (TPSA) is 137 Å². The summed E-state index contributed by atoms with van der Waals surface area (Å²) in [6.45, 7) is 4.88. The largest absolute Gasteiger partial charge is 0.493 e. The highest BCUT2D eigenvalue weighted by atomic mass is 16.6. The van der Waals surface area contributed by atoms with Gasteiger partial charge < -0.3 is 24.6 Å². The molecule has 0 spiro atoms. The number of carboxylic acids is 1. The van der Waals surface area contributed by atoms with Crippen molar-refractivity contribution >= 4 is 17.7 Å². The molecule has 0 aliphatic heterocycles. The highest BCUT2D eigenvalue weighted by Gasteiger charge is 2.28. The summed E-state index contributed by atoms with van der Waals surface area (Å²) in [5, 5.41) is 22.8. The molecule has 0 fully saturated rings. The molecule has 10 nitrogen and oxygen atoms in total. The highest BCUT2D eigenvalue weighted by molar-refractivity contribution is 5.80. The zero-order valence-electron chi connectivity index (χ0n) is 15.2. The first-order valence-corrected chi connectivity index (χ1v) is 7.60. The van der Waals surface area contributed by atoms with Gasteiger partial charge in [-0.1, -0.05) is 0 Å². The Labute approximate surface area is 150 Å². The number of aliphatic carboxylic acids is 1. The maximum Gasteiger partial charge on any atom is 0.408 e. The van der Waals surface area contributed by atoms with E-state index in [0.717, 1.165) is 6.07 Å². The molecule has 1 atom stereocenters. The molecule has 1 aromatic carbocycles. The number of nitro benzene ring substituents is 1. The fourth-order valence-electron chi connectivity index (χ4n) is 2.11. The third kappa shape index (κ3) is 5.80. The van der Waals surface area contributed by atoms with E-state index in [9.17, 15) is 24.8 Å². The molecule has 144 valence electrons. The summed E-state index contributed by atoms with van der Waals surface area (Å²) in [6.07, 6.45) is -1.28. The fraction of sp³-hybridized carbons (Fsp3) is 0.500. The van der Waals surface area contributed by atoms with E-state index in [1.54, 1.807) is 20.8 Å². The maximum absolute atomic E-state index is 11.8. The molecule has 1 unspecified atom stereocenters. The first-order valence-electron chi connectivity index (χ1n) is 7.60. The molecule has 0 heterocycles. The van der Waals surface area contributed by atoms with E-state index in [-0.39, 0.29) is 29.2 Å². The molecule has 1 rings (SSSR count). The van der Waals surface area contributed by atoms with Crippen LogP contribution in [-0.2, 0) is 16.0 Å². The SMILES string of the molecule is COc1cc(CC(NC(=O)OC(C)(C)C)C(=O)O)c([N+](=O)[O-])cc1OC. The van der Waals surface area contributed by atoms with E-state index in [1.807, 2.05) is 0 Å². The molecular formula is C16H22N2O8. The lowest BCUT2D eigenvalue weighted by molar-refractivity contribution is -0.385. The number of nitrogens with one attached hydrogen (secondary N) is 1. The molecule has 0 radical (unpaired) electrons. The number of carbonyl (C=O) groups excluding carboxylic acids is 1. The number of nitro groups is 1. The number of carboxylic acid groups (broad SMARTS) is 1. The third-order valence-corrected chi connectivity index (χ3v) is 3.19. The summed E-state index contributed by atoms with van der Waals surface area (Å²) in [5.74, 6) is -1.02. The van der Waals surface area contributed by atoms with Crippen molar-refractivity contribution in [2.75, 3.05) is 14.2 Å². The van der Waals surface area contributed by atoms with Gasteiger partial charge in [0.15, 0.2) is 11.5 Å². The Balaban J connectivity index is 3.16. The molecule has 0 aromatic heterocycles. The first kappa shape index (κ1) is 21.0. The lowest BCUT2D eigenvalue weighted by Gasteiger charge is -2.22. The standard InChI is InChI=1S/C16H22N2O8/c1-16(2,3)26-15(21)17-10(14(19)20)6-9-7-12(24-4)13(25-5)8-11(9)18(22)23/h7-8,10H,6H2,1-5H3,(H,17,21)(H,19,20). The van der Waals surface area contributed by atoms with Crippen molar-refractivity contribution in [3.8, 4) is 11.5 Å². The quantitative estimate of drug-likeness (QED) is 0.550. The second kappa shape index (κ2) is 8.37. The van der Waals surface area contributed by atoms with E-state index in [2.05, 4.69) is 5.32 Å². The van der Waals surface area contributed by atoms with Gasteiger partial charge in [-0.05, 0) is 26.8 Å². The molecule has 2 N–H and O–H groups in total. The van der Waals surface area contributed by atoms with Gasteiger partial charge in [0.1, 0.15) is 11.6 Å². The summed E-state index contributed by atoms with van der Waals surface area (Å²) < 4.78 is 15.1. The smallest absolute Gasteiger partial charge is 0.408 e. The summed E-state index contributed by atoms with van der Waals surface area (Å²) in [5.41, 5.74) is -1.10. The summed E-state index contributed by atoms with van der Waals surface area (Å²) >= 11 is 0. The van der Waals surface area contributed by atoms with Gasteiger partial charge in [-0.3, -0.25) is 10.1 Å². The van der Waals surface area contributed by atoms with Crippen molar-refractivity contribution in [3.05, 3.63) is 27.8 Å². The van der Waals surface area contributed by atoms with Crippen LogP contribution in [0.1, 0.15) is 26.3 Å². The van der Waals surface area contributed by atoms with Crippen LogP contribution in [0, 0.1) is 10.1 Å². The Kier molecular flexibility index (Phi) is 6.76. The molecule has 26 heavy (non-hydrogen) atoms. The van der Waals surface area contributed by atoms with Crippen molar-refractivity contribution in [1.82, 2.24) is 5.32 Å². The molecule has 0 aliphatic carbocycles. The van der Waals surface area contributed by atoms with Crippen LogP contribution in [0.5, 0.6) is 11.5 Å². The minimum atomic E-state index is -1.43. The Morgan fingerprint density at radius 1 is 1.23 bits per heavy atom. The predicted molar refractivity (Wildman–Crippen MR) is 90.7 cm³/mol. The van der Waals surface area contributed by atoms with Crippen LogP contribution in [0.2, 0.25) is 0 Å². The second-order valence-electron chi connectivity index (χ2n) is 6.33. The van der Waals surface area contributed by atoms with Gasteiger partial charge in [-0.2, -0.15) is 0 Å². The van der Waals surface area contributed by atoms with Crippen molar-refractivity contribution in [2.24, 2.45) is 0 Å².